The van der Waals surface area contributed by atoms with Crippen LogP contribution in [0.5, 0.6) is 0 Å². The Kier molecular flexibility index (Phi) is 40.9. The Morgan fingerprint density at radius 3 is 1.23 bits per heavy atom. The fourth-order valence-electron chi connectivity index (χ4n) is 3.34. The van der Waals surface area contributed by atoms with Crippen molar-refractivity contribution in [3.63, 3.8) is 0 Å². The molecule has 1 N–H and O–H groups in total. The summed E-state index contributed by atoms with van der Waals surface area (Å²) in [5.41, 5.74) is 0. The smallest absolute Gasteiger partial charge is 0.306 e. The molecular formula is C32H55Br2ClO4. The molecular weight excluding hydrogens is 644 g/mol. The van der Waals surface area contributed by atoms with Crippen LogP contribution in [-0.4, -0.2) is 39.2 Å². The van der Waals surface area contributed by atoms with Gasteiger partial charge in [-0.15, -0.1) is 13.2 Å². The van der Waals surface area contributed by atoms with E-state index >= 15 is 0 Å². The Hall–Kier alpha value is -0.690. The molecule has 0 aromatic heterocycles. The molecule has 0 heterocycles. The third kappa shape index (κ3) is 41.9. The van der Waals surface area contributed by atoms with Crippen LogP contribution >= 0.6 is 43.5 Å². The molecule has 0 saturated carbocycles. The molecule has 0 aliphatic rings. The van der Waals surface area contributed by atoms with Crippen molar-refractivity contribution < 1.29 is 19.4 Å². The van der Waals surface area contributed by atoms with Crippen LogP contribution in [-0.2, 0) is 14.3 Å². The lowest BCUT2D eigenvalue weighted by molar-refractivity contribution is -0.145. The number of hydrogen-bond donors (Lipinski definition) is 1. The molecule has 0 aliphatic heterocycles. The van der Waals surface area contributed by atoms with E-state index in [2.05, 4.69) is 58.2 Å². The van der Waals surface area contributed by atoms with Crippen LogP contribution < -0.4 is 0 Å². The van der Waals surface area contributed by atoms with Gasteiger partial charge in [-0.25, -0.2) is 0 Å². The highest BCUT2D eigenvalue weighted by molar-refractivity contribution is 9.09. The van der Waals surface area contributed by atoms with Crippen LogP contribution in [0, 0.1) is 0 Å². The lowest BCUT2D eigenvalue weighted by Crippen LogP contribution is -2.12. The van der Waals surface area contributed by atoms with Gasteiger partial charge in [0.05, 0.1) is 6.10 Å². The lowest BCUT2D eigenvalue weighted by atomic mass is 10.1. The molecule has 0 atom stereocenters. The zero-order valence-corrected chi connectivity index (χ0v) is 28.2. The first-order chi connectivity index (χ1) is 18.8. The highest BCUT2D eigenvalue weighted by Gasteiger charge is 2.06. The van der Waals surface area contributed by atoms with E-state index in [1.54, 1.807) is 12.2 Å². The molecule has 7 heteroatoms. The van der Waals surface area contributed by atoms with E-state index in [0.717, 1.165) is 36.3 Å². The van der Waals surface area contributed by atoms with Crippen molar-refractivity contribution in [3.8, 4) is 0 Å². The van der Waals surface area contributed by atoms with E-state index in [1.165, 1.54) is 89.2 Å². The van der Waals surface area contributed by atoms with E-state index in [-0.39, 0.29) is 17.3 Å². The normalized spacial score (nSPS) is 10.1. The predicted octanol–water partition coefficient (Wildman–Crippen LogP) is 10.6. The number of hydrogen-bond acceptors (Lipinski definition) is 4. The third-order valence-electron chi connectivity index (χ3n) is 5.74. The number of esters is 1. The molecule has 0 radical (unpaired) electrons. The maximum absolute atomic E-state index is 11.5. The van der Waals surface area contributed by atoms with Gasteiger partial charge in [-0.05, 0) is 49.4 Å². The average molecular weight is 699 g/mol. The van der Waals surface area contributed by atoms with E-state index < -0.39 is 6.10 Å². The van der Waals surface area contributed by atoms with Gasteiger partial charge < -0.3 is 9.84 Å². The molecule has 0 saturated heterocycles. The molecule has 0 unspecified atom stereocenters. The van der Waals surface area contributed by atoms with Crippen LogP contribution in [0.4, 0.5) is 0 Å². The maximum atomic E-state index is 11.5. The van der Waals surface area contributed by atoms with Crippen molar-refractivity contribution in [1.29, 1.82) is 0 Å². The lowest BCUT2D eigenvalue weighted by Gasteiger charge is -2.09. The van der Waals surface area contributed by atoms with Crippen molar-refractivity contribution in [3.05, 3.63) is 50.6 Å². The second-order valence-electron chi connectivity index (χ2n) is 9.28. The molecule has 0 aromatic rings. The number of unbranched alkanes of at least 4 members (excludes halogenated alkanes) is 14. The Morgan fingerprint density at radius 2 is 0.949 bits per heavy atom. The van der Waals surface area contributed by atoms with Crippen LogP contribution in [0.3, 0.4) is 0 Å². The Labute approximate surface area is 262 Å². The number of aliphatic hydroxyl groups is 1. The minimum Gasteiger partial charge on any atom is -0.454 e. The molecule has 0 aromatic carbocycles. The Balaban J connectivity index is -0.000000566. The topological polar surface area (TPSA) is 63.6 Å². The zero-order chi connectivity index (χ0) is 30.0. The number of halogens is 3. The van der Waals surface area contributed by atoms with Crippen molar-refractivity contribution in [2.75, 3.05) is 10.7 Å². The van der Waals surface area contributed by atoms with Crippen molar-refractivity contribution in [1.82, 2.24) is 0 Å². The van der Waals surface area contributed by atoms with E-state index in [9.17, 15) is 9.59 Å². The van der Waals surface area contributed by atoms with Crippen LogP contribution in [0.25, 0.3) is 0 Å². The number of aliphatic hydroxyl groups excluding tert-OH is 1. The van der Waals surface area contributed by atoms with Gasteiger partial charge in [0.1, 0.15) is 6.10 Å². The van der Waals surface area contributed by atoms with Gasteiger partial charge >= 0.3 is 5.97 Å². The molecule has 4 nitrogen and oxygen atoms in total. The zero-order valence-electron chi connectivity index (χ0n) is 24.2. The molecule has 0 bridgehead atoms. The van der Waals surface area contributed by atoms with Gasteiger partial charge in [-0.1, -0.05) is 134 Å². The first-order valence-electron chi connectivity index (χ1n) is 14.5. The summed E-state index contributed by atoms with van der Waals surface area (Å²) in [6.45, 7) is 13.8. The third-order valence-corrected chi connectivity index (χ3v) is 7.05. The Morgan fingerprint density at radius 1 is 0.615 bits per heavy atom. The van der Waals surface area contributed by atoms with E-state index in [4.69, 9.17) is 21.4 Å². The largest absolute Gasteiger partial charge is 0.454 e. The van der Waals surface area contributed by atoms with Gasteiger partial charge in [-0.2, -0.15) is 0 Å². The minimum atomic E-state index is -0.537. The monoisotopic (exact) mass is 696 g/mol. The summed E-state index contributed by atoms with van der Waals surface area (Å²) >= 11 is 12.1. The highest BCUT2D eigenvalue weighted by atomic mass is 79.9. The fourth-order valence-corrected chi connectivity index (χ4v) is 4.27. The molecule has 0 aliphatic carbocycles. The van der Waals surface area contributed by atoms with Gasteiger partial charge in [-0.3, -0.25) is 9.59 Å². The van der Waals surface area contributed by atoms with E-state index in [0.29, 0.717) is 12.8 Å². The van der Waals surface area contributed by atoms with Crippen LogP contribution in [0.1, 0.15) is 116 Å². The first-order valence-corrected chi connectivity index (χ1v) is 17.1. The molecule has 0 spiro atoms. The minimum absolute atomic E-state index is 0.151. The van der Waals surface area contributed by atoms with Gasteiger partial charge in [0.2, 0.25) is 5.24 Å². The maximum Gasteiger partial charge on any atom is 0.306 e. The average Bonchev–Trinajstić information content (AvgIpc) is 2.94. The number of carbonyl (C=O) groups is 2. The number of alkyl halides is 2. The molecule has 228 valence electrons. The van der Waals surface area contributed by atoms with Gasteiger partial charge in [0.25, 0.3) is 0 Å². The summed E-state index contributed by atoms with van der Waals surface area (Å²) in [5.74, 6) is -0.151. The first kappa shape index (κ1) is 42.8. The van der Waals surface area contributed by atoms with Gasteiger partial charge in [0.15, 0.2) is 0 Å². The summed E-state index contributed by atoms with van der Waals surface area (Å²) in [6.07, 6.45) is 25.9. The molecule has 0 amide bonds. The second kappa shape index (κ2) is 37.3. The van der Waals surface area contributed by atoms with Crippen molar-refractivity contribution >= 4 is 54.7 Å². The summed E-state index contributed by atoms with van der Waals surface area (Å²) in [7, 11) is 0. The van der Waals surface area contributed by atoms with Crippen molar-refractivity contribution in [2.45, 2.75) is 128 Å². The van der Waals surface area contributed by atoms with Crippen LogP contribution in [0.15, 0.2) is 50.6 Å². The SMILES string of the molecule is C=CC(C=C)OC(=O)CCCCCCCCCCBr.C=CC(O)C=C.O=C(Cl)CCCCCCCCCCBr. The summed E-state index contributed by atoms with van der Waals surface area (Å²) in [5, 5.41) is 10.5. The predicted molar refractivity (Wildman–Crippen MR) is 178 cm³/mol. The van der Waals surface area contributed by atoms with Crippen LogP contribution in [0.2, 0.25) is 0 Å². The van der Waals surface area contributed by atoms with Crippen molar-refractivity contribution in [2.24, 2.45) is 0 Å². The number of carbonyl (C=O) groups excluding carboxylic acids is 2. The number of rotatable bonds is 25. The summed E-state index contributed by atoms with van der Waals surface area (Å²) in [6, 6.07) is 0. The number of ether oxygens (including phenoxy) is 1. The fraction of sp³-hybridized carbons (Fsp3) is 0.688. The highest BCUT2D eigenvalue weighted by Crippen LogP contribution is 2.12. The molecule has 39 heavy (non-hydrogen) atoms. The summed E-state index contributed by atoms with van der Waals surface area (Å²) in [4.78, 5) is 21.9. The Bertz CT molecular complexity index is 583. The standard InChI is InChI=1S/C16H27BrO2.C11H20BrClO.C5H8O/c1-3-15(4-2)19-16(18)13-11-9-7-5-6-8-10-12-14-17;12-10-8-6-4-2-1-3-5-7-9-11(13)14;1-3-5(6)4-2/h3-4,15H,1-2,5-14H2;1-10H2;3-6H,1-2H2. The quantitative estimate of drug-likeness (QED) is 0.0339. The summed E-state index contributed by atoms with van der Waals surface area (Å²) < 4.78 is 5.14. The molecule has 0 fully saturated rings. The van der Waals surface area contributed by atoms with Gasteiger partial charge in [0, 0.05) is 23.5 Å². The molecule has 0 rings (SSSR count). The van der Waals surface area contributed by atoms with E-state index in [1.807, 2.05) is 0 Å². The second-order valence-corrected chi connectivity index (χ2v) is 11.3.